The third-order valence-electron chi connectivity index (χ3n) is 3.98. The van der Waals surface area contributed by atoms with Gasteiger partial charge in [-0.3, -0.25) is 0 Å². The summed E-state index contributed by atoms with van der Waals surface area (Å²) in [7, 11) is -0.793. The van der Waals surface area contributed by atoms with Crippen LogP contribution in [0.3, 0.4) is 0 Å². The first kappa shape index (κ1) is 20.6. The molecule has 1 heterocycles. The third-order valence-corrected chi connectivity index (χ3v) is 6.67. The predicted octanol–water partition coefficient (Wildman–Crippen LogP) is 4.00. The van der Waals surface area contributed by atoms with Crippen LogP contribution in [0.4, 0.5) is 0 Å². The number of rotatable bonds is 8. The number of sulfonamides is 1. The van der Waals surface area contributed by atoms with Gasteiger partial charge in [0, 0.05) is 35.0 Å². The normalized spacial score (nSPS) is 11.4. The fraction of sp³-hybridized carbons (Fsp3) is 0.211. The van der Waals surface area contributed by atoms with Crippen molar-refractivity contribution in [2.24, 2.45) is 0 Å². The number of aromatic nitrogens is 1. The van der Waals surface area contributed by atoms with Crippen molar-refractivity contribution < 1.29 is 17.9 Å². The number of halogens is 1. The van der Waals surface area contributed by atoms with E-state index >= 15 is 0 Å². The summed E-state index contributed by atoms with van der Waals surface area (Å²) in [4.78, 5) is 4.62. The standard InChI is InChI=1S/C19H19ClN2O4S2/c1-25-16-7-8-18(17(11-16)26-2)28(23,24)21-10-9-15-12-27-19(22-15)13-3-5-14(20)6-4-13/h3-8,11-12,21H,9-10H2,1-2H3. The van der Waals surface area contributed by atoms with E-state index < -0.39 is 10.0 Å². The van der Waals surface area contributed by atoms with Gasteiger partial charge in [0.25, 0.3) is 0 Å². The molecule has 0 aliphatic heterocycles. The van der Waals surface area contributed by atoms with Crippen LogP contribution in [-0.2, 0) is 16.4 Å². The Morgan fingerprint density at radius 2 is 1.86 bits per heavy atom. The van der Waals surface area contributed by atoms with Crippen LogP contribution >= 0.6 is 22.9 Å². The van der Waals surface area contributed by atoms with E-state index in [0.717, 1.165) is 16.3 Å². The lowest BCUT2D eigenvalue weighted by atomic mass is 10.2. The van der Waals surface area contributed by atoms with Gasteiger partial charge in [-0.05, 0) is 24.3 Å². The van der Waals surface area contributed by atoms with Crippen LogP contribution in [0, 0.1) is 0 Å². The van der Waals surface area contributed by atoms with Crippen LogP contribution in [0.1, 0.15) is 5.69 Å². The summed E-state index contributed by atoms with van der Waals surface area (Å²) in [5.74, 6) is 0.749. The molecular formula is C19H19ClN2O4S2. The van der Waals surface area contributed by atoms with Gasteiger partial charge in [0.15, 0.2) is 0 Å². The largest absolute Gasteiger partial charge is 0.497 e. The van der Waals surface area contributed by atoms with Crippen LogP contribution in [0.2, 0.25) is 5.02 Å². The number of hydrogen-bond donors (Lipinski definition) is 1. The summed E-state index contributed by atoms with van der Waals surface area (Å²) < 4.78 is 38.1. The monoisotopic (exact) mass is 438 g/mol. The maximum absolute atomic E-state index is 12.6. The number of nitrogens with zero attached hydrogens (tertiary/aromatic N) is 1. The first-order valence-electron chi connectivity index (χ1n) is 8.35. The zero-order chi connectivity index (χ0) is 20.1. The van der Waals surface area contributed by atoms with Crippen molar-refractivity contribution in [1.82, 2.24) is 9.71 Å². The first-order valence-corrected chi connectivity index (χ1v) is 11.1. The second kappa shape index (κ2) is 8.91. The summed E-state index contributed by atoms with van der Waals surface area (Å²) >= 11 is 7.41. The molecule has 3 aromatic rings. The highest BCUT2D eigenvalue weighted by molar-refractivity contribution is 7.89. The fourth-order valence-electron chi connectivity index (χ4n) is 2.53. The lowest BCUT2D eigenvalue weighted by molar-refractivity contribution is 0.386. The molecule has 0 aliphatic rings. The fourth-order valence-corrected chi connectivity index (χ4v) is 4.70. The smallest absolute Gasteiger partial charge is 0.244 e. The van der Waals surface area contributed by atoms with Crippen LogP contribution in [-0.4, -0.2) is 34.2 Å². The van der Waals surface area contributed by atoms with Crippen molar-refractivity contribution in [3.05, 3.63) is 58.6 Å². The summed E-state index contributed by atoms with van der Waals surface area (Å²) in [5.41, 5.74) is 1.79. The van der Waals surface area contributed by atoms with Crippen molar-refractivity contribution >= 4 is 33.0 Å². The number of benzene rings is 2. The Morgan fingerprint density at radius 3 is 2.54 bits per heavy atom. The van der Waals surface area contributed by atoms with E-state index in [1.165, 1.54) is 37.7 Å². The molecule has 1 aromatic heterocycles. The Hall–Kier alpha value is -2.13. The van der Waals surface area contributed by atoms with Gasteiger partial charge < -0.3 is 9.47 Å². The van der Waals surface area contributed by atoms with E-state index in [1.54, 1.807) is 6.07 Å². The Morgan fingerprint density at radius 1 is 1.11 bits per heavy atom. The van der Waals surface area contributed by atoms with E-state index in [2.05, 4.69) is 9.71 Å². The third kappa shape index (κ3) is 4.82. The number of hydrogen-bond acceptors (Lipinski definition) is 6. The minimum atomic E-state index is -3.72. The highest BCUT2D eigenvalue weighted by Crippen LogP contribution is 2.28. The van der Waals surface area contributed by atoms with Crippen molar-refractivity contribution in [3.63, 3.8) is 0 Å². The van der Waals surface area contributed by atoms with Gasteiger partial charge in [-0.1, -0.05) is 23.7 Å². The molecule has 3 rings (SSSR count). The number of ether oxygens (including phenoxy) is 2. The first-order chi connectivity index (χ1) is 13.4. The highest BCUT2D eigenvalue weighted by Gasteiger charge is 2.20. The number of thiazole rings is 1. The molecule has 148 valence electrons. The summed E-state index contributed by atoms with van der Waals surface area (Å²) in [6.07, 6.45) is 0.474. The molecule has 0 atom stereocenters. The quantitative estimate of drug-likeness (QED) is 0.575. The van der Waals surface area contributed by atoms with E-state index in [-0.39, 0.29) is 17.2 Å². The summed E-state index contributed by atoms with van der Waals surface area (Å²) in [6, 6.07) is 12.0. The number of methoxy groups -OCH3 is 2. The van der Waals surface area contributed by atoms with Crippen molar-refractivity contribution in [2.75, 3.05) is 20.8 Å². The minimum absolute atomic E-state index is 0.0657. The lowest BCUT2D eigenvalue weighted by Crippen LogP contribution is -2.26. The Bertz CT molecular complexity index is 1050. The number of nitrogens with one attached hydrogen (secondary N) is 1. The zero-order valence-corrected chi connectivity index (χ0v) is 17.7. The van der Waals surface area contributed by atoms with Crippen LogP contribution in [0.25, 0.3) is 10.6 Å². The molecule has 28 heavy (non-hydrogen) atoms. The maximum Gasteiger partial charge on any atom is 0.244 e. The molecule has 1 N–H and O–H groups in total. The molecular weight excluding hydrogens is 420 g/mol. The SMILES string of the molecule is COc1ccc(S(=O)(=O)NCCc2csc(-c3ccc(Cl)cc3)n2)c(OC)c1. The molecule has 6 nitrogen and oxygen atoms in total. The van der Waals surface area contributed by atoms with Crippen molar-refractivity contribution in [3.8, 4) is 22.1 Å². The van der Waals surface area contributed by atoms with Crippen LogP contribution < -0.4 is 14.2 Å². The molecule has 0 fully saturated rings. The molecule has 0 aliphatic carbocycles. The predicted molar refractivity (Wildman–Crippen MR) is 111 cm³/mol. The van der Waals surface area contributed by atoms with E-state index in [0.29, 0.717) is 17.2 Å². The highest BCUT2D eigenvalue weighted by atomic mass is 35.5. The Balaban J connectivity index is 1.65. The van der Waals surface area contributed by atoms with Gasteiger partial charge in [0.05, 0.1) is 19.9 Å². The van der Waals surface area contributed by atoms with Gasteiger partial charge >= 0.3 is 0 Å². The average Bonchev–Trinajstić information content (AvgIpc) is 3.16. The molecule has 0 unspecified atom stereocenters. The van der Waals surface area contributed by atoms with Crippen LogP contribution in [0.15, 0.2) is 52.7 Å². The van der Waals surface area contributed by atoms with E-state index in [4.69, 9.17) is 21.1 Å². The van der Waals surface area contributed by atoms with E-state index in [9.17, 15) is 8.42 Å². The van der Waals surface area contributed by atoms with Crippen molar-refractivity contribution in [2.45, 2.75) is 11.3 Å². The molecule has 0 bridgehead atoms. The lowest BCUT2D eigenvalue weighted by Gasteiger charge is -2.11. The van der Waals surface area contributed by atoms with Gasteiger partial charge in [-0.25, -0.2) is 18.1 Å². The topological polar surface area (TPSA) is 77.5 Å². The Labute approximate surface area is 173 Å². The molecule has 2 aromatic carbocycles. The molecule has 0 amide bonds. The van der Waals surface area contributed by atoms with Gasteiger partial charge in [-0.15, -0.1) is 11.3 Å². The second-order valence-electron chi connectivity index (χ2n) is 5.82. The van der Waals surface area contributed by atoms with Gasteiger partial charge in [0.1, 0.15) is 21.4 Å². The van der Waals surface area contributed by atoms with E-state index in [1.807, 2.05) is 29.6 Å². The minimum Gasteiger partial charge on any atom is -0.497 e. The maximum atomic E-state index is 12.6. The van der Waals surface area contributed by atoms with Crippen LogP contribution in [0.5, 0.6) is 11.5 Å². The second-order valence-corrected chi connectivity index (χ2v) is 8.85. The Kier molecular flexibility index (Phi) is 6.56. The summed E-state index contributed by atoms with van der Waals surface area (Å²) in [6.45, 7) is 0.224. The average molecular weight is 439 g/mol. The molecule has 0 spiro atoms. The molecule has 0 radical (unpaired) electrons. The van der Waals surface area contributed by atoms with Gasteiger partial charge in [-0.2, -0.15) is 0 Å². The van der Waals surface area contributed by atoms with Gasteiger partial charge in [0.2, 0.25) is 10.0 Å². The van der Waals surface area contributed by atoms with Crippen molar-refractivity contribution in [1.29, 1.82) is 0 Å². The molecule has 9 heteroatoms. The summed E-state index contributed by atoms with van der Waals surface area (Å²) in [5, 5.41) is 3.46. The molecule has 0 saturated heterocycles. The molecule has 0 saturated carbocycles. The zero-order valence-electron chi connectivity index (χ0n) is 15.3.